The van der Waals surface area contributed by atoms with Crippen LogP contribution in [0.4, 0.5) is 0 Å². The van der Waals surface area contributed by atoms with E-state index in [2.05, 4.69) is 32.0 Å². The first kappa shape index (κ1) is 13.3. The fraction of sp³-hybridized carbons (Fsp3) is 0.562. The minimum atomic E-state index is 0.163. The lowest BCUT2D eigenvalue weighted by Crippen LogP contribution is -2.23. The van der Waals surface area contributed by atoms with Crippen molar-refractivity contribution in [3.63, 3.8) is 0 Å². The van der Waals surface area contributed by atoms with Crippen molar-refractivity contribution in [3.8, 4) is 0 Å². The number of benzene rings is 1. The maximum absolute atomic E-state index is 12.1. The Balaban J connectivity index is 1.92. The number of ether oxygens (including phenoxy) is 1. The molecule has 98 valence electrons. The van der Waals surface area contributed by atoms with Crippen molar-refractivity contribution in [1.82, 2.24) is 0 Å². The van der Waals surface area contributed by atoms with Crippen LogP contribution in [0.1, 0.15) is 42.4 Å². The van der Waals surface area contributed by atoms with Crippen LogP contribution in [-0.4, -0.2) is 18.5 Å². The summed E-state index contributed by atoms with van der Waals surface area (Å²) < 4.78 is 5.62. The van der Waals surface area contributed by atoms with Gasteiger partial charge in [-0.15, -0.1) is 0 Å². The zero-order valence-electron chi connectivity index (χ0n) is 11.4. The number of rotatable bonds is 4. The zero-order valence-corrected chi connectivity index (χ0v) is 11.4. The average Bonchev–Trinajstić information content (AvgIpc) is 2.35. The molecular weight excluding hydrogens is 224 g/mol. The third-order valence-corrected chi connectivity index (χ3v) is 3.62. The Morgan fingerprint density at radius 2 is 2.17 bits per heavy atom. The maximum atomic E-state index is 12.1. The molecule has 18 heavy (non-hydrogen) atoms. The van der Waals surface area contributed by atoms with Gasteiger partial charge in [0, 0.05) is 19.4 Å². The standard InChI is InChI=1S/C16H22O2/c1-12-6-7-13(2)14(9-12)10-15(17)11-16-5-3-4-8-18-16/h6-7,9,16H,3-5,8,10-11H2,1-2H3. The van der Waals surface area contributed by atoms with Crippen molar-refractivity contribution >= 4 is 5.78 Å². The van der Waals surface area contributed by atoms with Crippen LogP contribution in [0.15, 0.2) is 18.2 Å². The first-order valence-corrected chi connectivity index (χ1v) is 6.84. The Kier molecular flexibility index (Phi) is 4.54. The van der Waals surface area contributed by atoms with E-state index in [0.717, 1.165) is 25.0 Å². The predicted molar refractivity (Wildman–Crippen MR) is 72.8 cm³/mol. The van der Waals surface area contributed by atoms with Gasteiger partial charge in [-0.3, -0.25) is 4.79 Å². The highest BCUT2D eigenvalue weighted by Crippen LogP contribution is 2.18. The third-order valence-electron chi connectivity index (χ3n) is 3.62. The van der Waals surface area contributed by atoms with Gasteiger partial charge in [0.25, 0.3) is 0 Å². The van der Waals surface area contributed by atoms with E-state index in [1.807, 2.05) is 0 Å². The van der Waals surface area contributed by atoms with Crippen molar-refractivity contribution in [3.05, 3.63) is 34.9 Å². The molecule has 1 aliphatic rings. The van der Waals surface area contributed by atoms with Crippen molar-refractivity contribution in [1.29, 1.82) is 0 Å². The van der Waals surface area contributed by atoms with Crippen LogP contribution < -0.4 is 0 Å². The number of hydrogen-bond donors (Lipinski definition) is 0. The van der Waals surface area contributed by atoms with Crippen molar-refractivity contribution in [2.75, 3.05) is 6.61 Å². The molecule has 1 aliphatic heterocycles. The van der Waals surface area contributed by atoms with E-state index in [0.29, 0.717) is 18.6 Å². The monoisotopic (exact) mass is 246 g/mol. The van der Waals surface area contributed by atoms with Gasteiger partial charge in [0.05, 0.1) is 6.10 Å². The maximum Gasteiger partial charge on any atom is 0.139 e. The smallest absolute Gasteiger partial charge is 0.139 e. The van der Waals surface area contributed by atoms with Gasteiger partial charge >= 0.3 is 0 Å². The summed E-state index contributed by atoms with van der Waals surface area (Å²) >= 11 is 0. The van der Waals surface area contributed by atoms with Gasteiger partial charge in [-0.25, -0.2) is 0 Å². The van der Waals surface area contributed by atoms with Gasteiger partial charge in [0.15, 0.2) is 0 Å². The number of carbonyl (C=O) groups is 1. The highest BCUT2D eigenvalue weighted by Gasteiger charge is 2.18. The molecule has 1 saturated heterocycles. The fourth-order valence-corrected chi connectivity index (χ4v) is 2.50. The Hall–Kier alpha value is -1.15. The summed E-state index contributed by atoms with van der Waals surface area (Å²) in [6.07, 6.45) is 4.67. The summed E-state index contributed by atoms with van der Waals surface area (Å²) in [5.74, 6) is 0.301. The molecule has 1 fully saturated rings. The molecule has 0 saturated carbocycles. The molecule has 0 radical (unpaired) electrons. The number of ketones is 1. The molecule has 0 aliphatic carbocycles. The summed E-state index contributed by atoms with van der Waals surface area (Å²) in [6, 6.07) is 6.30. The van der Waals surface area contributed by atoms with E-state index in [9.17, 15) is 4.79 Å². The topological polar surface area (TPSA) is 26.3 Å². The SMILES string of the molecule is Cc1ccc(C)c(CC(=O)CC2CCCCO2)c1. The Bertz CT molecular complexity index is 417. The summed E-state index contributed by atoms with van der Waals surface area (Å²) in [6.45, 7) is 4.96. The Labute approximate surface area is 109 Å². The van der Waals surface area contributed by atoms with E-state index in [-0.39, 0.29) is 6.10 Å². The van der Waals surface area contributed by atoms with Crippen LogP contribution in [0, 0.1) is 13.8 Å². The lowest BCUT2D eigenvalue weighted by molar-refractivity contribution is -0.122. The van der Waals surface area contributed by atoms with Gasteiger partial charge < -0.3 is 4.74 Å². The molecule has 0 amide bonds. The fourth-order valence-electron chi connectivity index (χ4n) is 2.50. The molecule has 2 rings (SSSR count). The van der Waals surface area contributed by atoms with Crippen LogP contribution >= 0.6 is 0 Å². The second kappa shape index (κ2) is 6.14. The highest BCUT2D eigenvalue weighted by atomic mass is 16.5. The number of Topliss-reactive ketones (excluding diaryl/α,β-unsaturated/α-hetero) is 1. The van der Waals surface area contributed by atoms with Gasteiger partial charge in [-0.05, 0) is 44.2 Å². The second-order valence-corrected chi connectivity index (χ2v) is 5.34. The van der Waals surface area contributed by atoms with Gasteiger partial charge in [-0.2, -0.15) is 0 Å². The minimum absolute atomic E-state index is 0.163. The normalized spacial score (nSPS) is 19.8. The van der Waals surface area contributed by atoms with Crippen molar-refractivity contribution < 1.29 is 9.53 Å². The minimum Gasteiger partial charge on any atom is -0.378 e. The summed E-state index contributed by atoms with van der Waals surface area (Å²) in [7, 11) is 0. The van der Waals surface area contributed by atoms with E-state index >= 15 is 0 Å². The Morgan fingerprint density at radius 1 is 1.33 bits per heavy atom. The van der Waals surface area contributed by atoms with Crippen molar-refractivity contribution in [2.24, 2.45) is 0 Å². The molecule has 0 aromatic heterocycles. The molecule has 2 heteroatoms. The molecule has 0 bridgehead atoms. The van der Waals surface area contributed by atoms with Gasteiger partial charge in [0.2, 0.25) is 0 Å². The molecule has 1 aromatic carbocycles. The third kappa shape index (κ3) is 3.67. The largest absolute Gasteiger partial charge is 0.378 e. The summed E-state index contributed by atoms with van der Waals surface area (Å²) in [4.78, 5) is 12.1. The number of carbonyl (C=O) groups excluding carboxylic acids is 1. The summed E-state index contributed by atoms with van der Waals surface area (Å²) in [5, 5.41) is 0. The first-order valence-electron chi connectivity index (χ1n) is 6.84. The van der Waals surface area contributed by atoms with Crippen molar-refractivity contribution in [2.45, 2.75) is 52.1 Å². The molecule has 0 N–H and O–H groups in total. The molecule has 1 unspecified atom stereocenters. The average molecular weight is 246 g/mol. The molecule has 2 nitrogen and oxygen atoms in total. The molecule has 1 heterocycles. The van der Waals surface area contributed by atoms with E-state index < -0.39 is 0 Å². The number of aryl methyl sites for hydroxylation is 2. The van der Waals surface area contributed by atoms with Crippen LogP contribution in [0.5, 0.6) is 0 Å². The summed E-state index contributed by atoms with van der Waals surface area (Å²) in [5.41, 5.74) is 3.59. The van der Waals surface area contributed by atoms with Crippen LogP contribution in [0.2, 0.25) is 0 Å². The van der Waals surface area contributed by atoms with E-state index in [4.69, 9.17) is 4.74 Å². The van der Waals surface area contributed by atoms with Crippen LogP contribution in [-0.2, 0) is 16.0 Å². The van der Waals surface area contributed by atoms with Crippen LogP contribution in [0.3, 0.4) is 0 Å². The quantitative estimate of drug-likeness (QED) is 0.814. The lowest BCUT2D eigenvalue weighted by atomic mass is 9.97. The second-order valence-electron chi connectivity index (χ2n) is 5.34. The molecular formula is C16H22O2. The highest BCUT2D eigenvalue weighted by molar-refractivity contribution is 5.81. The predicted octanol–water partition coefficient (Wildman–Crippen LogP) is 3.37. The molecule has 1 aromatic rings. The lowest BCUT2D eigenvalue weighted by Gasteiger charge is -2.21. The zero-order chi connectivity index (χ0) is 13.0. The number of hydrogen-bond acceptors (Lipinski definition) is 2. The van der Waals surface area contributed by atoms with Gasteiger partial charge in [0.1, 0.15) is 5.78 Å². The van der Waals surface area contributed by atoms with E-state index in [1.165, 1.54) is 17.5 Å². The van der Waals surface area contributed by atoms with E-state index in [1.54, 1.807) is 0 Å². The first-order chi connectivity index (χ1) is 8.65. The molecule has 1 atom stereocenters. The Morgan fingerprint density at radius 3 is 2.89 bits per heavy atom. The van der Waals surface area contributed by atoms with Crippen LogP contribution in [0.25, 0.3) is 0 Å². The van der Waals surface area contributed by atoms with Gasteiger partial charge in [-0.1, -0.05) is 23.8 Å². The molecule has 0 spiro atoms.